The van der Waals surface area contributed by atoms with Gasteiger partial charge in [-0.15, -0.1) is 0 Å². The molecule has 2 heterocycles. The second-order valence-corrected chi connectivity index (χ2v) is 6.17. The Morgan fingerprint density at radius 3 is 2.37 bits per heavy atom. The van der Waals surface area contributed by atoms with E-state index in [1.165, 1.54) is 27.6 Å². The third kappa shape index (κ3) is 2.87. The fourth-order valence-corrected chi connectivity index (χ4v) is 3.17. The lowest BCUT2D eigenvalue weighted by Crippen LogP contribution is -2.39. The van der Waals surface area contributed by atoms with Gasteiger partial charge < -0.3 is 4.57 Å². The molecule has 0 saturated carbocycles. The topological polar surface area (TPSA) is 61.8 Å². The van der Waals surface area contributed by atoms with E-state index in [2.05, 4.69) is 4.98 Å². The molecule has 136 valence electrons. The average molecular weight is 364 g/mol. The van der Waals surface area contributed by atoms with E-state index in [1.54, 1.807) is 35.8 Å². The molecule has 0 N–H and O–H groups in total. The minimum Gasteiger partial charge on any atom is -0.320 e. The first kappa shape index (κ1) is 17.0. The minimum absolute atomic E-state index is 0.252. The van der Waals surface area contributed by atoms with E-state index in [0.717, 1.165) is 5.56 Å². The normalized spacial score (nSPS) is 11.2. The van der Waals surface area contributed by atoms with Crippen LogP contribution in [-0.4, -0.2) is 18.7 Å². The Morgan fingerprint density at radius 2 is 1.70 bits per heavy atom. The first-order chi connectivity index (χ1) is 13.1. The largest absolute Gasteiger partial charge is 0.337 e. The van der Waals surface area contributed by atoms with E-state index in [-0.39, 0.29) is 17.9 Å². The standard InChI is InChI=1S/C20H17FN4O2/c1-2-24-19(26)17-18(25(20(24)27)16-6-4-3-5-7-16)22-13-23(17)12-14-8-10-15(21)11-9-14/h3-11,13H,2,12H2,1H3. The van der Waals surface area contributed by atoms with E-state index in [0.29, 0.717) is 23.4 Å². The molecule has 27 heavy (non-hydrogen) atoms. The summed E-state index contributed by atoms with van der Waals surface area (Å²) in [5.74, 6) is -0.319. The summed E-state index contributed by atoms with van der Waals surface area (Å²) in [6.07, 6.45) is 1.54. The van der Waals surface area contributed by atoms with Gasteiger partial charge in [-0.25, -0.2) is 18.7 Å². The highest BCUT2D eigenvalue weighted by Gasteiger charge is 2.18. The first-order valence-electron chi connectivity index (χ1n) is 8.60. The van der Waals surface area contributed by atoms with Crippen LogP contribution in [0.5, 0.6) is 0 Å². The lowest BCUT2D eigenvalue weighted by molar-refractivity contribution is 0.626. The summed E-state index contributed by atoms with van der Waals surface area (Å²) in [6.45, 7) is 2.36. The van der Waals surface area contributed by atoms with Gasteiger partial charge in [0.25, 0.3) is 5.56 Å². The highest BCUT2D eigenvalue weighted by Crippen LogP contribution is 2.14. The molecule has 0 amide bonds. The number of halogens is 1. The van der Waals surface area contributed by atoms with Crippen molar-refractivity contribution in [2.45, 2.75) is 20.0 Å². The molecule has 0 aliphatic rings. The number of imidazole rings is 1. The Hall–Kier alpha value is -3.48. The zero-order chi connectivity index (χ0) is 19.0. The molecular weight excluding hydrogens is 347 g/mol. The third-order valence-corrected chi connectivity index (χ3v) is 4.50. The third-order valence-electron chi connectivity index (χ3n) is 4.50. The van der Waals surface area contributed by atoms with Crippen molar-refractivity contribution < 1.29 is 4.39 Å². The monoisotopic (exact) mass is 364 g/mol. The molecule has 0 aliphatic heterocycles. The molecule has 0 radical (unpaired) electrons. The highest BCUT2D eigenvalue weighted by molar-refractivity contribution is 5.72. The van der Waals surface area contributed by atoms with Crippen LogP contribution in [0.4, 0.5) is 4.39 Å². The number of aromatic nitrogens is 4. The second-order valence-electron chi connectivity index (χ2n) is 6.17. The van der Waals surface area contributed by atoms with Crippen molar-refractivity contribution >= 4 is 11.2 Å². The van der Waals surface area contributed by atoms with Crippen molar-refractivity contribution in [3.05, 3.63) is 93.1 Å². The van der Waals surface area contributed by atoms with Crippen LogP contribution in [0.25, 0.3) is 16.9 Å². The number of hydrogen-bond acceptors (Lipinski definition) is 3. The van der Waals surface area contributed by atoms with Gasteiger partial charge in [-0.1, -0.05) is 30.3 Å². The molecule has 0 spiro atoms. The molecule has 2 aromatic carbocycles. The van der Waals surface area contributed by atoms with E-state index < -0.39 is 5.69 Å². The van der Waals surface area contributed by atoms with Crippen LogP contribution in [0.1, 0.15) is 12.5 Å². The Morgan fingerprint density at radius 1 is 1.00 bits per heavy atom. The summed E-state index contributed by atoms with van der Waals surface area (Å²) < 4.78 is 17.5. The zero-order valence-corrected chi connectivity index (χ0v) is 14.7. The van der Waals surface area contributed by atoms with Gasteiger partial charge in [-0.3, -0.25) is 9.36 Å². The quantitative estimate of drug-likeness (QED) is 0.559. The maximum absolute atomic E-state index is 13.2. The van der Waals surface area contributed by atoms with Crippen LogP contribution in [0.2, 0.25) is 0 Å². The number of fused-ring (bicyclic) bond motifs is 1. The summed E-state index contributed by atoms with van der Waals surface area (Å²) in [6, 6.07) is 15.2. The van der Waals surface area contributed by atoms with Gasteiger partial charge in [-0.05, 0) is 36.8 Å². The van der Waals surface area contributed by atoms with Crippen LogP contribution >= 0.6 is 0 Å². The van der Waals surface area contributed by atoms with Crippen molar-refractivity contribution in [2.75, 3.05) is 0 Å². The molecule has 4 rings (SSSR count). The van der Waals surface area contributed by atoms with E-state index in [1.807, 2.05) is 18.2 Å². The maximum Gasteiger partial charge on any atom is 0.337 e. The summed E-state index contributed by atoms with van der Waals surface area (Å²) >= 11 is 0. The van der Waals surface area contributed by atoms with E-state index >= 15 is 0 Å². The van der Waals surface area contributed by atoms with Gasteiger partial charge in [0, 0.05) is 13.1 Å². The second kappa shape index (κ2) is 6.68. The highest BCUT2D eigenvalue weighted by atomic mass is 19.1. The summed E-state index contributed by atoms with van der Waals surface area (Å²) in [4.78, 5) is 30.1. The molecule has 7 heteroatoms. The van der Waals surface area contributed by atoms with Crippen LogP contribution in [0.15, 0.2) is 70.5 Å². The Balaban J connectivity index is 1.98. The van der Waals surface area contributed by atoms with Crippen LogP contribution in [-0.2, 0) is 13.1 Å². The number of para-hydroxylation sites is 1. The predicted octanol–water partition coefficient (Wildman–Crippen LogP) is 2.56. The molecule has 0 aliphatic carbocycles. The van der Waals surface area contributed by atoms with Gasteiger partial charge in [-0.2, -0.15) is 0 Å². The smallest absolute Gasteiger partial charge is 0.320 e. The summed E-state index contributed by atoms with van der Waals surface area (Å²) in [5, 5.41) is 0. The van der Waals surface area contributed by atoms with Crippen LogP contribution in [0, 0.1) is 5.82 Å². The number of benzene rings is 2. The number of hydrogen-bond donors (Lipinski definition) is 0. The van der Waals surface area contributed by atoms with Crippen LogP contribution < -0.4 is 11.2 Å². The lowest BCUT2D eigenvalue weighted by Gasteiger charge is -2.11. The Labute approximate surface area is 153 Å². The van der Waals surface area contributed by atoms with Crippen molar-refractivity contribution in [1.29, 1.82) is 0 Å². The van der Waals surface area contributed by atoms with E-state index in [4.69, 9.17) is 0 Å². The average Bonchev–Trinajstić information content (AvgIpc) is 3.08. The summed E-state index contributed by atoms with van der Waals surface area (Å²) in [5.41, 5.74) is 1.31. The van der Waals surface area contributed by atoms with Gasteiger partial charge in [0.1, 0.15) is 5.82 Å². The van der Waals surface area contributed by atoms with Gasteiger partial charge >= 0.3 is 5.69 Å². The molecule has 0 fully saturated rings. The lowest BCUT2D eigenvalue weighted by atomic mass is 10.2. The van der Waals surface area contributed by atoms with Gasteiger partial charge in [0.15, 0.2) is 11.2 Å². The minimum atomic E-state index is -0.423. The number of nitrogens with zero attached hydrogens (tertiary/aromatic N) is 4. The van der Waals surface area contributed by atoms with Gasteiger partial charge in [0.05, 0.1) is 12.0 Å². The number of rotatable bonds is 4. The Bertz CT molecular complexity index is 1220. The van der Waals surface area contributed by atoms with Crippen molar-refractivity contribution in [3.63, 3.8) is 0 Å². The first-order valence-corrected chi connectivity index (χ1v) is 8.60. The fraction of sp³-hybridized carbons (Fsp3) is 0.150. The zero-order valence-electron chi connectivity index (χ0n) is 14.7. The molecule has 0 saturated heterocycles. The van der Waals surface area contributed by atoms with Crippen molar-refractivity contribution in [3.8, 4) is 5.69 Å². The van der Waals surface area contributed by atoms with Crippen LogP contribution in [0.3, 0.4) is 0 Å². The van der Waals surface area contributed by atoms with E-state index in [9.17, 15) is 14.0 Å². The Kier molecular flexibility index (Phi) is 4.19. The molecule has 0 atom stereocenters. The van der Waals surface area contributed by atoms with Gasteiger partial charge in [0.2, 0.25) is 0 Å². The fourth-order valence-electron chi connectivity index (χ4n) is 3.17. The molecule has 4 aromatic rings. The predicted molar refractivity (Wildman–Crippen MR) is 101 cm³/mol. The van der Waals surface area contributed by atoms with Crippen molar-refractivity contribution in [1.82, 2.24) is 18.7 Å². The molecule has 2 aromatic heterocycles. The SMILES string of the molecule is CCn1c(=O)c2c(ncn2Cc2ccc(F)cc2)n(-c2ccccc2)c1=O. The summed E-state index contributed by atoms with van der Waals surface area (Å²) in [7, 11) is 0. The molecular formula is C20H17FN4O2. The molecule has 0 bridgehead atoms. The van der Waals surface area contributed by atoms with Crippen molar-refractivity contribution in [2.24, 2.45) is 0 Å². The molecule has 6 nitrogen and oxygen atoms in total. The molecule has 0 unspecified atom stereocenters. The maximum atomic E-state index is 13.2.